The molecule has 0 aliphatic carbocycles. The number of guanidine groups is 1. The van der Waals surface area contributed by atoms with E-state index in [4.69, 9.17) is 5.73 Å². The van der Waals surface area contributed by atoms with Crippen LogP contribution in [0.3, 0.4) is 0 Å². The molecule has 2 N–H and O–H groups in total. The summed E-state index contributed by atoms with van der Waals surface area (Å²) >= 11 is 0. The minimum atomic E-state index is -4.76. The maximum atomic E-state index is 12.4. The van der Waals surface area contributed by atoms with Gasteiger partial charge in [-0.25, -0.2) is 4.99 Å². The SMILES string of the molecule is CN1C(=O)C(c2cccc(-c3cccc(OC(F)(F)F)c3)c2)N=C1N. The maximum Gasteiger partial charge on any atom is 0.573 e. The van der Waals surface area contributed by atoms with Crippen molar-refractivity contribution in [2.24, 2.45) is 10.7 Å². The summed E-state index contributed by atoms with van der Waals surface area (Å²) in [7, 11) is 1.53. The van der Waals surface area contributed by atoms with Crippen LogP contribution in [0.5, 0.6) is 5.75 Å². The molecule has 0 saturated heterocycles. The molecule has 0 saturated carbocycles. The molecule has 2 aromatic rings. The number of aliphatic imine (C=N–C) groups is 1. The summed E-state index contributed by atoms with van der Waals surface area (Å²) < 4.78 is 41.0. The van der Waals surface area contributed by atoms with E-state index in [1.807, 2.05) is 0 Å². The molecule has 1 atom stereocenters. The topological polar surface area (TPSA) is 67.9 Å². The highest BCUT2D eigenvalue weighted by Gasteiger charge is 2.32. The first-order valence-electron chi connectivity index (χ1n) is 7.31. The highest BCUT2D eigenvalue weighted by molar-refractivity contribution is 6.04. The van der Waals surface area contributed by atoms with E-state index in [1.54, 1.807) is 30.3 Å². The molecule has 8 heteroatoms. The van der Waals surface area contributed by atoms with Crippen molar-refractivity contribution in [1.29, 1.82) is 0 Å². The van der Waals surface area contributed by atoms with Gasteiger partial charge in [0.15, 0.2) is 12.0 Å². The zero-order chi connectivity index (χ0) is 18.2. The van der Waals surface area contributed by atoms with E-state index < -0.39 is 12.4 Å². The van der Waals surface area contributed by atoms with Crippen molar-refractivity contribution in [2.75, 3.05) is 7.05 Å². The van der Waals surface area contributed by atoms with Crippen LogP contribution in [0.1, 0.15) is 11.6 Å². The number of benzene rings is 2. The molecule has 130 valence electrons. The van der Waals surface area contributed by atoms with Crippen LogP contribution in [-0.2, 0) is 4.79 Å². The second-order valence-corrected chi connectivity index (χ2v) is 5.49. The second kappa shape index (κ2) is 6.12. The lowest BCUT2D eigenvalue weighted by molar-refractivity contribution is -0.274. The molecular weight excluding hydrogens is 335 g/mol. The minimum Gasteiger partial charge on any atom is -0.406 e. The number of rotatable bonds is 3. The lowest BCUT2D eigenvalue weighted by Gasteiger charge is -2.12. The fraction of sp³-hybridized carbons (Fsp3) is 0.176. The Morgan fingerprint density at radius 2 is 1.76 bits per heavy atom. The Hall–Kier alpha value is -3.03. The number of hydrogen-bond donors (Lipinski definition) is 1. The van der Waals surface area contributed by atoms with Crippen molar-refractivity contribution in [2.45, 2.75) is 12.4 Å². The predicted molar refractivity (Wildman–Crippen MR) is 85.7 cm³/mol. The Morgan fingerprint density at radius 3 is 2.36 bits per heavy atom. The number of amides is 1. The molecule has 1 aliphatic heterocycles. The molecule has 0 radical (unpaired) electrons. The molecule has 2 aromatic carbocycles. The summed E-state index contributed by atoms with van der Waals surface area (Å²) in [6.45, 7) is 0. The summed E-state index contributed by atoms with van der Waals surface area (Å²) in [5.41, 5.74) is 7.43. The summed E-state index contributed by atoms with van der Waals surface area (Å²) in [4.78, 5) is 17.5. The zero-order valence-electron chi connectivity index (χ0n) is 13.1. The van der Waals surface area contributed by atoms with E-state index >= 15 is 0 Å². The Labute approximate surface area is 141 Å². The Balaban J connectivity index is 1.93. The highest BCUT2D eigenvalue weighted by Crippen LogP contribution is 2.31. The Bertz CT molecular complexity index is 849. The molecule has 1 heterocycles. The van der Waals surface area contributed by atoms with E-state index in [2.05, 4.69) is 9.73 Å². The first-order chi connectivity index (χ1) is 11.7. The van der Waals surface area contributed by atoms with Crippen LogP contribution in [0.4, 0.5) is 13.2 Å². The largest absolute Gasteiger partial charge is 0.573 e. The number of nitrogens with zero attached hydrogens (tertiary/aromatic N) is 2. The van der Waals surface area contributed by atoms with Crippen LogP contribution in [0.2, 0.25) is 0 Å². The van der Waals surface area contributed by atoms with Gasteiger partial charge in [-0.15, -0.1) is 13.2 Å². The van der Waals surface area contributed by atoms with Crippen LogP contribution in [0.15, 0.2) is 53.5 Å². The summed E-state index contributed by atoms with van der Waals surface area (Å²) in [6, 6.07) is 11.7. The van der Waals surface area contributed by atoms with Crippen LogP contribution < -0.4 is 10.5 Å². The average molecular weight is 349 g/mol. The van der Waals surface area contributed by atoms with Crippen molar-refractivity contribution in [3.05, 3.63) is 54.1 Å². The zero-order valence-corrected chi connectivity index (χ0v) is 13.1. The first-order valence-corrected chi connectivity index (χ1v) is 7.31. The summed E-state index contributed by atoms with van der Waals surface area (Å²) in [5.74, 6) is -0.445. The minimum absolute atomic E-state index is 0.126. The summed E-state index contributed by atoms with van der Waals surface area (Å²) in [6.07, 6.45) is -4.76. The quantitative estimate of drug-likeness (QED) is 0.926. The van der Waals surface area contributed by atoms with E-state index in [9.17, 15) is 18.0 Å². The monoisotopic (exact) mass is 349 g/mol. The number of carbonyl (C=O) groups excluding carboxylic acids is 1. The van der Waals surface area contributed by atoms with Gasteiger partial charge in [0.05, 0.1) is 0 Å². The molecule has 1 aliphatic rings. The highest BCUT2D eigenvalue weighted by atomic mass is 19.4. The first kappa shape index (κ1) is 16.8. The smallest absolute Gasteiger partial charge is 0.406 e. The Kier molecular flexibility index (Phi) is 4.12. The maximum absolute atomic E-state index is 12.4. The molecule has 0 aromatic heterocycles. The van der Waals surface area contributed by atoms with Gasteiger partial charge in [0.1, 0.15) is 5.75 Å². The van der Waals surface area contributed by atoms with E-state index in [0.29, 0.717) is 16.7 Å². The number of likely N-dealkylation sites (N-methyl/N-ethyl adjacent to an activating group) is 1. The Morgan fingerprint density at radius 1 is 1.12 bits per heavy atom. The van der Waals surface area contributed by atoms with Gasteiger partial charge < -0.3 is 10.5 Å². The molecule has 0 spiro atoms. The second-order valence-electron chi connectivity index (χ2n) is 5.49. The number of halogens is 3. The van der Waals surface area contributed by atoms with Gasteiger partial charge in [-0.05, 0) is 34.9 Å². The molecule has 1 amide bonds. The van der Waals surface area contributed by atoms with Crippen molar-refractivity contribution in [3.8, 4) is 16.9 Å². The van der Waals surface area contributed by atoms with Crippen molar-refractivity contribution in [3.63, 3.8) is 0 Å². The molecule has 0 bridgehead atoms. The van der Waals surface area contributed by atoms with E-state index in [0.717, 1.165) is 0 Å². The van der Waals surface area contributed by atoms with Crippen molar-refractivity contribution >= 4 is 11.9 Å². The van der Waals surface area contributed by atoms with Crippen molar-refractivity contribution < 1.29 is 22.7 Å². The van der Waals surface area contributed by atoms with Crippen molar-refractivity contribution in [1.82, 2.24) is 4.90 Å². The van der Waals surface area contributed by atoms with Gasteiger partial charge in [-0.2, -0.15) is 0 Å². The lowest BCUT2D eigenvalue weighted by Crippen LogP contribution is -2.34. The fourth-order valence-corrected chi connectivity index (χ4v) is 2.55. The van der Waals surface area contributed by atoms with E-state index in [1.165, 1.54) is 30.1 Å². The molecule has 5 nitrogen and oxygen atoms in total. The van der Waals surface area contributed by atoms with Gasteiger partial charge in [0, 0.05) is 7.05 Å². The van der Waals surface area contributed by atoms with Crippen LogP contribution in [0, 0.1) is 0 Å². The lowest BCUT2D eigenvalue weighted by atomic mass is 9.99. The molecular formula is C17H14F3N3O2. The third kappa shape index (κ3) is 3.57. The molecule has 25 heavy (non-hydrogen) atoms. The van der Waals surface area contributed by atoms with Gasteiger partial charge >= 0.3 is 6.36 Å². The van der Waals surface area contributed by atoms with Gasteiger partial charge in [-0.1, -0.05) is 30.3 Å². The van der Waals surface area contributed by atoms with E-state index in [-0.39, 0.29) is 17.6 Å². The molecule has 0 fully saturated rings. The normalized spacial score (nSPS) is 17.6. The number of carbonyl (C=O) groups is 1. The average Bonchev–Trinajstić information content (AvgIpc) is 2.81. The fourth-order valence-electron chi connectivity index (χ4n) is 2.55. The number of nitrogens with two attached hydrogens (primary N) is 1. The number of alkyl halides is 3. The molecule has 3 rings (SSSR count). The number of hydrogen-bond acceptors (Lipinski definition) is 4. The predicted octanol–water partition coefficient (Wildman–Crippen LogP) is 3.08. The summed E-state index contributed by atoms with van der Waals surface area (Å²) in [5, 5.41) is 0. The van der Waals surface area contributed by atoms with Gasteiger partial charge in [-0.3, -0.25) is 9.69 Å². The van der Waals surface area contributed by atoms with Gasteiger partial charge in [0.2, 0.25) is 0 Å². The van der Waals surface area contributed by atoms with Crippen LogP contribution in [0.25, 0.3) is 11.1 Å². The van der Waals surface area contributed by atoms with Crippen LogP contribution >= 0.6 is 0 Å². The molecule has 1 unspecified atom stereocenters. The number of ether oxygens (including phenoxy) is 1. The third-order valence-electron chi connectivity index (χ3n) is 3.77. The van der Waals surface area contributed by atoms with Gasteiger partial charge in [0.25, 0.3) is 5.91 Å². The third-order valence-corrected chi connectivity index (χ3v) is 3.77. The van der Waals surface area contributed by atoms with Crippen LogP contribution in [-0.4, -0.2) is 30.2 Å². The standard InChI is InChI=1S/C17H14F3N3O2/c1-23-15(24)14(22-16(23)21)12-6-2-4-10(8-12)11-5-3-7-13(9-11)25-17(18,19)20/h2-9,14H,1H3,(H2,21,22).